The van der Waals surface area contributed by atoms with Crippen molar-refractivity contribution in [3.8, 4) is 0 Å². The van der Waals surface area contributed by atoms with E-state index in [1.807, 2.05) is 26.8 Å². The van der Waals surface area contributed by atoms with Gasteiger partial charge in [-0.25, -0.2) is 13.1 Å². The van der Waals surface area contributed by atoms with Crippen molar-refractivity contribution in [1.29, 1.82) is 0 Å². The molecule has 2 aromatic rings. The van der Waals surface area contributed by atoms with E-state index < -0.39 is 10.0 Å². The molecule has 0 spiro atoms. The Balaban J connectivity index is 2.14. The van der Waals surface area contributed by atoms with Gasteiger partial charge in [-0.15, -0.1) is 11.3 Å². The minimum absolute atomic E-state index is 0.105. The lowest BCUT2D eigenvalue weighted by atomic mass is 10.1. The highest BCUT2D eigenvalue weighted by atomic mass is 32.2. The van der Waals surface area contributed by atoms with E-state index in [1.165, 1.54) is 4.88 Å². The fourth-order valence-electron chi connectivity index (χ4n) is 2.33. The maximum Gasteiger partial charge on any atom is 0.216 e. The van der Waals surface area contributed by atoms with Gasteiger partial charge in [0.1, 0.15) is 0 Å². The summed E-state index contributed by atoms with van der Waals surface area (Å²) in [7, 11) is -3.44. The molecule has 1 unspecified atom stereocenters. The summed E-state index contributed by atoms with van der Waals surface area (Å²) in [5, 5.41) is 0. The first-order valence-corrected chi connectivity index (χ1v) is 9.15. The summed E-state index contributed by atoms with van der Waals surface area (Å²) in [6.07, 6.45) is 0. The summed E-state index contributed by atoms with van der Waals surface area (Å²) in [5.74, 6) is -0.105. The Morgan fingerprint density at radius 3 is 2.52 bits per heavy atom. The van der Waals surface area contributed by atoms with Crippen LogP contribution in [0.25, 0.3) is 0 Å². The van der Waals surface area contributed by atoms with E-state index in [2.05, 4.69) is 4.72 Å². The molecule has 0 saturated heterocycles. The van der Waals surface area contributed by atoms with Crippen LogP contribution in [0.5, 0.6) is 0 Å². The highest BCUT2D eigenvalue weighted by Gasteiger charge is 2.19. The number of hydrogen-bond acceptors (Lipinski definition) is 4. The third-order valence-corrected chi connectivity index (χ3v) is 5.69. The second-order valence-corrected chi connectivity index (χ2v) is 8.38. The van der Waals surface area contributed by atoms with E-state index in [9.17, 15) is 8.42 Å². The number of rotatable bonds is 5. The monoisotopic (exact) mass is 324 g/mol. The van der Waals surface area contributed by atoms with Crippen LogP contribution in [0, 0.1) is 13.8 Å². The van der Waals surface area contributed by atoms with Crippen LogP contribution in [0.1, 0.15) is 33.8 Å². The molecule has 0 bridgehead atoms. The molecule has 2 rings (SSSR count). The molecule has 0 aliphatic heterocycles. The number of aryl methyl sites for hydroxylation is 2. The van der Waals surface area contributed by atoms with Gasteiger partial charge >= 0.3 is 0 Å². The van der Waals surface area contributed by atoms with Crippen molar-refractivity contribution >= 4 is 27.0 Å². The van der Waals surface area contributed by atoms with Crippen LogP contribution in [0.15, 0.2) is 30.3 Å². The molecule has 3 N–H and O–H groups in total. The molecule has 1 heterocycles. The first kappa shape index (κ1) is 16.0. The van der Waals surface area contributed by atoms with Crippen LogP contribution in [-0.4, -0.2) is 8.42 Å². The topological polar surface area (TPSA) is 72.2 Å². The highest BCUT2D eigenvalue weighted by Crippen LogP contribution is 2.27. The van der Waals surface area contributed by atoms with Crippen molar-refractivity contribution in [2.45, 2.75) is 32.6 Å². The average molecular weight is 324 g/mol. The van der Waals surface area contributed by atoms with Crippen molar-refractivity contribution in [1.82, 2.24) is 4.72 Å². The van der Waals surface area contributed by atoms with Crippen molar-refractivity contribution < 1.29 is 8.42 Å². The van der Waals surface area contributed by atoms with Gasteiger partial charge in [0.2, 0.25) is 10.0 Å². The van der Waals surface area contributed by atoms with E-state index in [4.69, 9.17) is 5.73 Å². The second-order valence-electron chi connectivity index (χ2n) is 5.17. The first-order valence-electron chi connectivity index (χ1n) is 6.69. The van der Waals surface area contributed by atoms with Gasteiger partial charge in [0.15, 0.2) is 0 Å². The number of para-hydroxylation sites is 1. The molecule has 1 aromatic carbocycles. The standard InChI is InChI=1S/C15H20N2O2S2/c1-10-8-14(12(3)20-10)11(2)17-21(18,19)9-13-6-4-5-7-15(13)16/h4-8,11,17H,9,16H2,1-3H3. The van der Waals surface area contributed by atoms with E-state index in [-0.39, 0.29) is 11.8 Å². The lowest BCUT2D eigenvalue weighted by molar-refractivity contribution is 0.566. The molecule has 0 aliphatic rings. The van der Waals surface area contributed by atoms with Crippen molar-refractivity contribution in [2.75, 3.05) is 5.73 Å². The Hall–Kier alpha value is -1.37. The van der Waals surface area contributed by atoms with Crippen molar-refractivity contribution in [3.63, 3.8) is 0 Å². The molecular formula is C15H20N2O2S2. The maximum absolute atomic E-state index is 12.3. The van der Waals surface area contributed by atoms with Gasteiger partial charge in [-0.2, -0.15) is 0 Å². The molecule has 114 valence electrons. The molecule has 4 nitrogen and oxygen atoms in total. The molecule has 1 atom stereocenters. The zero-order chi connectivity index (χ0) is 15.6. The molecule has 1 aromatic heterocycles. The zero-order valence-electron chi connectivity index (χ0n) is 12.4. The molecule has 0 radical (unpaired) electrons. The summed E-state index contributed by atoms with van der Waals surface area (Å²) in [4.78, 5) is 2.32. The highest BCUT2D eigenvalue weighted by molar-refractivity contribution is 7.88. The fraction of sp³-hybridized carbons (Fsp3) is 0.333. The van der Waals surface area contributed by atoms with E-state index in [0.29, 0.717) is 11.3 Å². The normalized spacial score (nSPS) is 13.3. The lowest BCUT2D eigenvalue weighted by Gasteiger charge is -2.15. The van der Waals surface area contributed by atoms with Gasteiger partial charge in [0.05, 0.1) is 5.75 Å². The van der Waals surface area contributed by atoms with E-state index in [0.717, 1.165) is 10.4 Å². The van der Waals surface area contributed by atoms with E-state index in [1.54, 1.807) is 35.6 Å². The summed E-state index contributed by atoms with van der Waals surface area (Å²) in [6.45, 7) is 5.89. The number of benzene rings is 1. The number of anilines is 1. The summed E-state index contributed by atoms with van der Waals surface area (Å²) in [5.41, 5.74) is 7.96. The fourth-order valence-corrected chi connectivity index (χ4v) is 4.77. The number of nitrogen functional groups attached to an aromatic ring is 1. The predicted octanol–water partition coefficient (Wildman–Crippen LogP) is 3.13. The number of nitrogens with two attached hydrogens (primary N) is 1. The van der Waals surface area contributed by atoms with Crippen LogP contribution < -0.4 is 10.5 Å². The first-order chi connectivity index (χ1) is 9.78. The quantitative estimate of drug-likeness (QED) is 0.830. The third-order valence-electron chi connectivity index (χ3n) is 3.30. The lowest BCUT2D eigenvalue weighted by Crippen LogP contribution is -2.28. The molecule has 21 heavy (non-hydrogen) atoms. The largest absolute Gasteiger partial charge is 0.398 e. The molecular weight excluding hydrogens is 304 g/mol. The zero-order valence-corrected chi connectivity index (χ0v) is 14.0. The number of nitrogens with one attached hydrogen (secondary N) is 1. The number of hydrogen-bond donors (Lipinski definition) is 2. The van der Waals surface area contributed by atoms with Crippen molar-refractivity contribution in [3.05, 3.63) is 51.2 Å². The summed E-state index contributed by atoms with van der Waals surface area (Å²) < 4.78 is 27.3. The predicted molar refractivity (Wildman–Crippen MR) is 88.8 cm³/mol. The van der Waals surface area contributed by atoms with Crippen LogP contribution in [-0.2, 0) is 15.8 Å². The van der Waals surface area contributed by atoms with Gasteiger partial charge in [-0.3, -0.25) is 0 Å². The third kappa shape index (κ3) is 4.06. The van der Waals surface area contributed by atoms with Crippen LogP contribution >= 0.6 is 11.3 Å². The molecule has 0 saturated carbocycles. The number of thiophene rings is 1. The average Bonchev–Trinajstić information content (AvgIpc) is 2.70. The number of sulfonamides is 1. The van der Waals surface area contributed by atoms with Gasteiger partial charge in [0.25, 0.3) is 0 Å². The maximum atomic E-state index is 12.3. The molecule has 0 amide bonds. The molecule has 6 heteroatoms. The van der Waals surface area contributed by atoms with Crippen LogP contribution in [0.4, 0.5) is 5.69 Å². The van der Waals surface area contributed by atoms with E-state index >= 15 is 0 Å². The summed E-state index contributed by atoms with van der Waals surface area (Å²) >= 11 is 1.68. The second kappa shape index (κ2) is 6.17. The summed E-state index contributed by atoms with van der Waals surface area (Å²) in [6, 6.07) is 8.81. The Kier molecular flexibility index (Phi) is 4.70. The van der Waals surface area contributed by atoms with Gasteiger partial charge in [-0.05, 0) is 44.0 Å². The van der Waals surface area contributed by atoms with Gasteiger partial charge in [-0.1, -0.05) is 18.2 Å². The molecule has 0 aliphatic carbocycles. The minimum Gasteiger partial charge on any atom is -0.398 e. The minimum atomic E-state index is -3.44. The Morgan fingerprint density at radius 2 is 1.95 bits per heavy atom. The smallest absolute Gasteiger partial charge is 0.216 e. The van der Waals surface area contributed by atoms with Gasteiger partial charge in [0, 0.05) is 21.5 Å². The van der Waals surface area contributed by atoms with Gasteiger partial charge < -0.3 is 5.73 Å². The SMILES string of the molecule is Cc1cc(C(C)NS(=O)(=O)Cc2ccccc2N)c(C)s1. The van der Waals surface area contributed by atoms with Crippen molar-refractivity contribution in [2.24, 2.45) is 0 Å². The Labute approximate surface area is 130 Å². The van der Waals surface area contributed by atoms with Crippen LogP contribution in [0.2, 0.25) is 0 Å². The Bertz CT molecular complexity index is 736. The molecule has 0 fully saturated rings. The Morgan fingerprint density at radius 1 is 1.29 bits per heavy atom. The van der Waals surface area contributed by atoms with Crippen LogP contribution in [0.3, 0.4) is 0 Å².